The first-order chi connectivity index (χ1) is 22.4. The molecule has 0 bridgehead atoms. The highest BCUT2D eigenvalue weighted by Gasteiger charge is 2.25. The molecule has 250 valence electrons. The van der Waals surface area contributed by atoms with Gasteiger partial charge in [0, 0.05) is 49.1 Å². The maximum Gasteiger partial charge on any atom is 0.336 e. The number of nitrogens with one attached hydrogen (secondary N) is 3. The monoisotopic (exact) mass is 680 g/mol. The van der Waals surface area contributed by atoms with Gasteiger partial charge in [-0.1, -0.05) is 26.8 Å². The molecule has 48 heavy (non-hydrogen) atoms. The maximum absolute atomic E-state index is 15.1. The molecule has 4 rings (SSSR count). The molecule has 0 unspecified atom stereocenters. The maximum atomic E-state index is 15.1. The molecule has 17 heteroatoms. The molecular weight excluding hydrogens is 649 g/mol. The summed E-state index contributed by atoms with van der Waals surface area (Å²) in [4.78, 5) is 65.8. The Balaban J connectivity index is 1.47. The molecule has 2 amide bonds. The average molecular weight is 680 g/mol. The van der Waals surface area contributed by atoms with Crippen LogP contribution in [0.25, 0.3) is 5.82 Å². The minimum absolute atomic E-state index is 0.0308. The number of carbonyl (C=O) groups is 3. The molecular formula is C31H31BF2N6O7S. The standard InChI is InChI=1S/C31H31BF2N6O7S/c1-31(2,3)29(44)36-18-6-8-19(9-7-18)48(46,47)38-23-15-21(33)20(14-22(23)34)28(43)37-24(27(32)42)13-17-5-10-25(35-16-17)40-26(41)11-12-39(4)30(40)45/h5-12,14-16,24,38H,13,32H2,1-4H3,(H,36,44)(H,37,43)/t24-/m0/s1. The highest BCUT2D eigenvalue weighted by Crippen LogP contribution is 2.25. The number of carbonyl (C=O) groups excluding carboxylic acids is 3. The van der Waals surface area contributed by atoms with Gasteiger partial charge in [-0.15, -0.1) is 0 Å². The van der Waals surface area contributed by atoms with Crippen molar-refractivity contribution in [3.05, 3.63) is 111 Å². The van der Waals surface area contributed by atoms with Crippen molar-refractivity contribution < 1.29 is 31.6 Å². The van der Waals surface area contributed by atoms with Crippen LogP contribution in [0.2, 0.25) is 0 Å². The highest BCUT2D eigenvalue weighted by molar-refractivity contribution is 7.92. The number of pyridine rings is 1. The van der Waals surface area contributed by atoms with E-state index >= 15 is 8.78 Å². The van der Waals surface area contributed by atoms with E-state index in [-0.39, 0.29) is 23.0 Å². The van der Waals surface area contributed by atoms with Crippen LogP contribution in [-0.2, 0) is 33.1 Å². The first-order valence-electron chi connectivity index (χ1n) is 14.4. The summed E-state index contributed by atoms with van der Waals surface area (Å²) in [6.45, 7) is 5.12. The van der Waals surface area contributed by atoms with Crippen molar-refractivity contribution in [1.82, 2.24) is 19.4 Å². The third-order valence-corrected chi connectivity index (χ3v) is 8.46. The Bertz CT molecular complexity index is 2130. The summed E-state index contributed by atoms with van der Waals surface area (Å²) < 4.78 is 59.8. The van der Waals surface area contributed by atoms with Gasteiger partial charge in [0.2, 0.25) is 5.91 Å². The van der Waals surface area contributed by atoms with Crippen molar-refractivity contribution >= 4 is 46.7 Å². The van der Waals surface area contributed by atoms with Crippen LogP contribution in [0.1, 0.15) is 36.7 Å². The van der Waals surface area contributed by atoms with Gasteiger partial charge in [-0.05, 0) is 42.0 Å². The minimum Gasteiger partial charge on any atom is -0.343 e. The number of aromatic nitrogens is 3. The second kappa shape index (κ2) is 13.7. The molecule has 0 saturated carbocycles. The Morgan fingerprint density at radius 2 is 1.65 bits per heavy atom. The van der Waals surface area contributed by atoms with Gasteiger partial charge >= 0.3 is 5.69 Å². The van der Waals surface area contributed by atoms with E-state index in [1.165, 1.54) is 74.3 Å². The van der Waals surface area contributed by atoms with Crippen LogP contribution in [0, 0.1) is 17.0 Å². The second-order valence-corrected chi connectivity index (χ2v) is 13.6. The van der Waals surface area contributed by atoms with Gasteiger partial charge in [-0.25, -0.2) is 31.5 Å². The van der Waals surface area contributed by atoms with Crippen molar-refractivity contribution in [2.45, 2.75) is 38.1 Å². The molecule has 1 atom stereocenters. The summed E-state index contributed by atoms with van der Waals surface area (Å²) in [5, 5.41) is 4.99. The summed E-state index contributed by atoms with van der Waals surface area (Å²) in [5.41, 5.74) is -3.24. The average Bonchev–Trinajstić information content (AvgIpc) is 3.01. The van der Waals surface area contributed by atoms with Crippen LogP contribution in [-0.4, -0.2) is 53.9 Å². The molecule has 2 aromatic carbocycles. The van der Waals surface area contributed by atoms with Gasteiger partial charge in [-0.3, -0.25) is 19.1 Å². The van der Waals surface area contributed by atoms with Crippen LogP contribution in [0.4, 0.5) is 20.2 Å². The number of amides is 2. The van der Waals surface area contributed by atoms with Gasteiger partial charge in [0.1, 0.15) is 23.1 Å². The first kappa shape index (κ1) is 35.4. The van der Waals surface area contributed by atoms with Crippen molar-refractivity contribution in [3.8, 4) is 5.82 Å². The molecule has 0 fully saturated rings. The molecule has 0 aliphatic carbocycles. The van der Waals surface area contributed by atoms with E-state index in [4.69, 9.17) is 0 Å². The SMILES string of the molecule is BC(=O)[C@H](Cc1ccc(-n2c(=O)ccn(C)c2=O)nc1)NC(=O)c1cc(F)c(NS(=O)(=O)c2ccc(NC(=O)C(C)(C)C)cc2)cc1F. The lowest BCUT2D eigenvalue weighted by atomic mass is 9.90. The van der Waals surface area contributed by atoms with Crippen molar-refractivity contribution in [3.63, 3.8) is 0 Å². The Morgan fingerprint density at radius 3 is 2.23 bits per heavy atom. The van der Waals surface area contributed by atoms with Gasteiger partial charge < -0.3 is 20.0 Å². The van der Waals surface area contributed by atoms with E-state index in [1.54, 1.807) is 20.8 Å². The second-order valence-electron chi connectivity index (χ2n) is 11.9. The summed E-state index contributed by atoms with van der Waals surface area (Å²) in [7, 11) is -1.77. The largest absolute Gasteiger partial charge is 0.343 e. The first-order valence-corrected chi connectivity index (χ1v) is 15.8. The van der Waals surface area contributed by atoms with Crippen molar-refractivity contribution in [2.24, 2.45) is 12.5 Å². The van der Waals surface area contributed by atoms with Gasteiger partial charge in [0.05, 0.1) is 22.2 Å². The third kappa shape index (κ3) is 8.09. The van der Waals surface area contributed by atoms with Gasteiger partial charge in [0.25, 0.3) is 21.5 Å². The smallest absolute Gasteiger partial charge is 0.336 e. The fourth-order valence-corrected chi connectivity index (χ4v) is 5.31. The summed E-state index contributed by atoms with van der Waals surface area (Å²) in [6.07, 6.45) is 2.50. The minimum atomic E-state index is -4.41. The number of hydrogen-bond donors (Lipinski definition) is 3. The van der Waals surface area contributed by atoms with Crippen molar-refractivity contribution in [1.29, 1.82) is 0 Å². The third-order valence-electron chi connectivity index (χ3n) is 7.08. The fraction of sp³-hybridized carbons (Fsp3) is 0.226. The molecule has 0 aliphatic heterocycles. The van der Waals surface area contributed by atoms with E-state index in [0.29, 0.717) is 23.4 Å². The van der Waals surface area contributed by atoms with E-state index < -0.39 is 67.2 Å². The van der Waals surface area contributed by atoms with Crippen LogP contribution >= 0.6 is 0 Å². The number of halogens is 2. The van der Waals surface area contributed by atoms with E-state index in [2.05, 4.69) is 15.6 Å². The number of aryl methyl sites for hydroxylation is 1. The molecule has 2 heterocycles. The van der Waals surface area contributed by atoms with Crippen LogP contribution in [0.5, 0.6) is 0 Å². The topological polar surface area (TPSA) is 178 Å². The number of rotatable bonds is 10. The number of benzene rings is 2. The lowest BCUT2D eigenvalue weighted by molar-refractivity contribution is -0.123. The normalized spacial score (nSPS) is 12.2. The van der Waals surface area contributed by atoms with E-state index in [1.807, 2.05) is 4.72 Å². The number of sulfonamides is 1. The number of hydrogen-bond acceptors (Lipinski definition) is 8. The molecule has 0 saturated heterocycles. The summed E-state index contributed by atoms with van der Waals surface area (Å²) >= 11 is 0. The number of anilines is 2. The Hall–Kier alpha value is -5.45. The Kier molecular flexibility index (Phi) is 10.1. The molecule has 13 nitrogen and oxygen atoms in total. The van der Waals surface area contributed by atoms with Crippen LogP contribution in [0.15, 0.2) is 81.5 Å². The van der Waals surface area contributed by atoms with E-state index in [9.17, 15) is 32.4 Å². The molecule has 0 radical (unpaired) electrons. The molecule has 0 spiro atoms. The Labute approximate surface area is 274 Å². The fourth-order valence-electron chi connectivity index (χ4n) is 4.25. The van der Waals surface area contributed by atoms with E-state index in [0.717, 1.165) is 4.57 Å². The van der Waals surface area contributed by atoms with Gasteiger partial charge in [0.15, 0.2) is 7.85 Å². The Morgan fingerprint density at radius 1 is 0.979 bits per heavy atom. The van der Waals surface area contributed by atoms with Crippen LogP contribution < -0.4 is 26.6 Å². The molecule has 4 aromatic rings. The summed E-state index contributed by atoms with van der Waals surface area (Å²) in [6, 6.07) is 8.88. The highest BCUT2D eigenvalue weighted by atomic mass is 32.2. The lowest BCUT2D eigenvalue weighted by Crippen LogP contribution is -2.43. The van der Waals surface area contributed by atoms with Gasteiger partial charge in [-0.2, -0.15) is 0 Å². The molecule has 2 aromatic heterocycles. The predicted molar refractivity (Wildman–Crippen MR) is 175 cm³/mol. The number of nitrogens with zero attached hydrogens (tertiary/aromatic N) is 3. The van der Waals surface area contributed by atoms with Crippen molar-refractivity contribution in [2.75, 3.05) is 10.0 Å². The lowest BCUT2D eigenvalue weighted by Gasteiger charge is -2.18. The quantitative estimate of drug-likeness (QED) is 0.211. The zero-order valence-electron chi connectivity index (χ0n) is 26.5. The molecule has 3 N–H and O–H groups in total. The van der Waals surface area contributed by atoms with Crippen LogP contribution in [0.3, 0.4) is 0 Å². The zero-order chi connectivity index (χ0) is 35.6. The predicted octanol–water partition coefficient (Wildman–Crippen LogP) is 1.50. The molecule has 0 aliphatic rings. The summed E-state index contributed by atoms with van der Waals surface area (Å²) in [5.74, 6) is -3.94. The zero-order valence-corrected chi connectivity index (χ0v) is 27.3.